The fraction of sp³-hybridized carbons (Fsp3) is 0.660. The average Bonchev–Trinajstić information content (AvgIpc) is 3.93. The van der Waals surface area contributed by atoms with Crippen LogP contribution in [0.1, 0.15) is 119 Å². The van der Waals surface area contributed by atoms with Crippen LogP contribution in [0, 0.1) is 28.6 Å². The van der Waals surface area contributed by atoms with E-state index in [2.05, 4.69) is 53.2 Å². The molecule has 0 radical (unpaired) electrons. The molecule has 28 nitrogen and oxygen atoms in total. The van der Waals surface area contributed by atoms with Gasteiger partial charge >= 0.3 is 5.97 Å². The van der Waals surface area contributed by atoms with Gasteiger partial charge in [-0.1, -0.05) is 84.7 Å². The SMILES string of the molecule is CC[C@H](C)[C@H](NC(=O)[C@H](CCCNC(=N)N)NC(=O)[C@H](CO)NC(=O)[C@@H]1CCCN1C(=O)[C@@H](NC(=O)[C@H](CCCNC(=N)N)NC(=O)[C@H](C)NC(=O)[C@H](C)N)[C@@H](C)CC)C(=O)N[C@@H](CC(C)C)C(=O)N[C@@H](Cc1ccccc1)C(=O)O. The summed E-state index contributed by atoms with van der Waals surface area (Å²) in [6, 6.07) is -3.89. The van der Waals surface area contributed by atoms with Gasteiger partial charge < -0.3 is 85.5 Å². The number of benzene rings is 1. The van der Waals surface area contributed by atoms with Crippen LogP contribution in [0.3, 0.4) is 0 Å². The second kappa shape index (κ2) is 35.2. The third-order valence-corrected chi connectivity index (χ3v) is 13.9. The largest absolute Gasteiger partial charge is 0.480 e. The number of aliphatic hydroxyl groups excluding tert-OH is 1. The zero-order valence-corrected chi connectivity index (χ0v) is 47.9. The van der Waals surface area contributed by atoms with E-state index in [9.17, 15) is 58.2 Å². The highest BCUT2D eigenvalue weighted by Gasteiger charge is 2.42. The Morgan fingerprint density at radius 1 is 0.617 bits per heavy atom. The number of nitrogens with two attached hydrogens (primary N) is 3. The van der Waals surface area contributed by atoms with E-state index in [1.807, 2.05) is 13.8 Å². The molecule has 2 rings (SSSR count). The maximum Gasteiger partial charge on any atom is 0.326 e. The summed E-state index contributed by atoms with van der Waals surface area (Å²) >= 11 is 0. The van der Waals surface area contributed by atoms with E-state index in [0.717, 1.165) is 0 Å². The molecular weight excluding hydrogens is 1050 g/mol. The lowest BCUT2D eigenvalue weighted by atomic mass is 9.96. The molecule has 0 bridgehead atoms. The maximum atomic E-state index is 14.5. The van der Waals surface area contributed by atoms with Crippen LogP contribution in [0.4, 0.5) is 0 Å². The number of hydrogen-bond donors (Lipinski definition) is 17. The highest BCUT2D eigenvalue weighted by molar-refractivity contribution is 5.99. The first-order valence-corrected chi connectivity index (χ1v) is 27.7. The van der Waals surface area contributed by atoms with Gasteiger partial charge in [-0.3, -0.25) is 54.0 Å². The lowest BCUT2D eigenvalue weighted by molar-refractivity contribution is -0.144. The number of nitrogens with one attached hydrogen (secondary N) is 12. The second-order valence-corrected chi connectivity index (χ2v) is 21.1. The monoisotopic (exact) mass is 1140 g/mol. The lowest BCUT2D eigenvalue weighted by Crippen LogP contribution is -2.61. The minimum atomic E-state index is -1.67. The van der Waals surface area contributed by atoms with Crippen molar-refractivity contribution in [1.82, 2.24) is 58.1 Å². The summed E-state index contributed by atoms with van der Waals surface area (Å²) in [4.78, 5) is 138. The first-order chi connectivity index (χ1) is 38.1. The molecule has 0 aromatic heterocycles. The van der Waals surface area contributed by atoms with Crippen molar-refractivity contribution in [2.75, 3.05) is 26.2 Å². The lowest BCUT2D eigenvalue weighted by Gasteiger charge is -2.33. The number of carbonyl (C=O) groups excluding carboxylic acids is 9. The van der Waals surface area contributed by atoms with Gasteiger partial charge in [-0.15, -0.1) is 0 Å². The number of rotatable bonds is 35. The van der Waals surface area contributed by atoms with Crippen molar-refractivity contribution in [2.45, 2.75) is 180 Å². The Morgan fingerprint density at radius 2 is 1.10 bits per heavy atom. The van der Waals surface area contributed by atoms with Gasteiger partial charge in [0.1, 0.15) is 54.4 Å². The van der Waals surface area contributed by atoms with Crippen LogP contribution < -0.4 is 70.4 Å². The number of hydrogen-bond acceptors (Lipinski definition) is 14. The predicted molar refractivity (Wildman–Crippen MR) is 301 cm³/mol. The topological polar surface area (TPSA) is 460 Å². The number of carboxylic acid groups (broad SMARTS) is 1. The third-order valence-electron chi connectivity index (χ3n) is 13.9. The first-order valence-electron chi connectivity index (χ1n) is 27.7. The minimum absolute atomic E-state index is 0.0191. The van der Waals surface area contributed by atoms with Crippen molar-refractivity contribution < 1.29 is 58.2 Å². The number of carbonyl (C=O) groups is 10. The highest BCUT2D eigenvalue weighted by atomic mass is 16.4. The number of likely N-dealkylation sites (tertiary alicyclic amines) is 1. The van der Waals surface area contributed by atoms with Crippen molar-refractivity contribution in [3.8, 4) is 0 Å². The van der Waals surface area contributed by atoms with Crippen molar-refractivity contribution in [3.05, 3.63) is 35.9 Å². The van der Waals surface area contributed by atoms with Gasteiger partial charge in [0.05, 0.1) is 12.6 Å². The summed E-state index contributed by atoms with van der Waals surface area (Å²) in [5, 5.41) is 61.6. The zero-order valence-electron chi connectivity index (χ0n) is 47.9. The van der Waals surface area contributed by atoms with E-state index in [-0.39, 0.29) is 82.4 Å². The molecule has 81 heavy (non-hydrogen) atoms. The number of carboxylic acids is 1. The van der Waals surface area contributed by atoms with E-state index < -0.39 is 138 Å². The number of amides is 9. The molecule has 1 aliphatic rings. The second-order valence-electron chi connectivity index (χ2n) is 21.1. The molecule has 1 aromatic carbocycles. The molecule has 0 unspecified atom stereocenters. The normalized spacial score (nSPS) is 17.1. The number of aliphatic hydroxyl groups is 1. The molecule has 0 spiro atoms. The molecular formula is C53H90N16O12. The maximum absolute atomic E-state index is 14.5. The Labute approximate surface area is 473 Å². The fourth-order valence-electron chi connectivity index (χ4n) is 8.70. The van der Waals surface area contributed by atoms with Crippen molar-refractivity contribution in [2.24, 2.45) is 35.0 Å². The van der Waals surface area contributed by atoms with Crippen molar-refractivity contribution in [3.63, 3.8) is 0 Å². The summed E-state index contributed by atoms with van der Waals surface area (Å²) in [5.74, 6) is -10.1. The van der Waals surface area contributed by atoms with Crippen LogP contribution in [0.25, 0.3) is 0 Å². The molecule has 454 valence electrons. The Morgan fingerprint density at radius 3 is 1.59 bits per heavy atom. The van der Waals surface area contributed by atoms with Gasteiger partial charge in [-0.25, -0.2) is 4.79 Å². The minimum Gasteiger partial charge on any atom is -0.480 e. The van der Waals surface area contributed by atoms with Crippen LogP contribution in [0.2, 0.25) is 0 Å². The van der Waals surface area contributed by atoms with Crippen LogP contribution in [0.15, 0.2) is 30.3 Å². The standard InChI is InChI=1S/C53H90N16O12/c1-9-29(5)40(49(78)64-36(25-28(3)4)46(75)65-37(51(80)81)26-33-17-12-11-13-18-33)67-44(73)35(20-15-23-60-53(57)58)63-47(76)38(27-70)66-48(77)39-21-16-24-69(39)50(79)41(30(6)10-2)68-45(74)34(19-14-22-59-52(55)56)62-43(72)32(8)61-42(71)31(7)54/h11-13,17-18,28-32,34-41,70H,9-10,14-16,19-27,54H2,1-8H3,(H,61,71)(H,62,72)(H,63,76)(H,64,78)(H,65,75)(H,66,77)(H,67,73)(H,68,74)(H,80,81)(H4,55,56,59)(H4,57,58,60)/t29-,30-,31-,32-,34-,35-,36-,37-,38-,39-,40-,41-/m0/s1. The molecule has 1 fully saturated rings. The van der Waals surface area contributed by atoms with Gasteiger partial charge in [0.25, 0.3) is 0 Å². The fourth-order valence-corrected chi connectivity index (χ4v) is 8.70. The average molecular weight is 1140 g/mol. The van der Waals surface area contributed by atoms with Gasteiger partial charge in [-0.05, 0) is 82.1 Å². The molecule has 28 heteroatoms. The number of guanidine groups is 2. The van der Waals surface area contributed by atoms with Crippen LogP contribution in [-0.2, 0) is 54.4 Å². The Kier molecular flexibility index (Phi) is 30.2. The van der Waals surface area contributed by atoms with E-state index in [1.165, 1.54) is 18.7 Å². The molecule has 0 saturated carbocycles. The smallest absolute Gasteiger partial charge is 0.326 e. The summed E-state index contributed by atoms with van der Waals surface area (Å²) < 4.78 is 0. The Bertz CT molecular complexity index is 2310. The molecule has 12 atom stereocenters. The van der Waals surface area contributed by atoms with Crippen LogP contribution in [-0.4, -0.2) is 173 Å². The number of nitrogens with zero attached hydrogens (tertiary/aromatic N) is 1. The summed E-state index contributed by atoms with van der Waals surface area (Å²) in [6.45, 7) is 12.8. The summed E-state index contributed by atoms with van der Waals surface area (Å²) in [7, 11) is 0. The Hall–Kier alpha value is -7.62. The molecule has 1 aliphatic heterocycles. The van der Waals surface area contributed by atoms with Gasteiger partial charge in [0, 0.05) is 26.1 Å². The van der Waals surface area contributed by atoms with E-state index >= 15 is 0 Å². The van der Waals surface area contributed by atoms with Crippen molar-refractivity contribution in [1.29, 1.82) is 10.8 Å². The predicted octanol–water partition coefficient (Wildman–Crippen LogP) is -2.79. The van der Waals surface area contributed by atoms with Gasteiger partial charge in [0.15, 0.2) is 11.9 Å². The van der Waals surface area contributed by atoms with E-state index in [0.29, 0.717) is 24.8 Å². The molecule has 20 N–H and O–H groups in total. The first kappa shape index (κ1) is 69.5. The molecule has 1 heterocycles. The molecule has 1 aromatic rings. The van der Waals surface area contributed by atoms with E-state index in [1.54, 1.807) is 58.0 Å². The van der Waals surface area contributed by atoms with Crippen LogP contribution in [0.5, 0.6) is 0 Å². The molecule has 1 saturated heterocycles. The van der Waals surface area contributed by atoms with Crippen molar-refractivity contribution >= 4 is 71.1 Å². The highest BCUT2D eigenvalue weighted by Crippen LogP contribution is 2.22. The van der Waals surface area contributed by atoms with Gasteiger partial charge in [0.2, 0.25) is 53.2 Å². The zero-order chi connectivity index (χ0) is 61.1. The summed E-state index contributed by atoms with van der Waals surface area (Å²) in [6.07, 6.45) is 1.59. The number of aliphatic carboxylic acids is 1. The molecule has 0 aliphatic carbocycles. The van der Waals surface area contributed by atoms with E-state index in [4.69, 9.17) is 28.0 Å². The Balaban J connectivity index is 2.37. The quantitative estimate of drug-likeness (QED) is 0.0186. The van der Waals surface area contributed by atoms with Crippen LogP contribution >= 0.6 is 0 Å². The molecule has 9 amide bonds. The van der Waals surface area contributed by atoms with Gasteiger partial charge in [-0.2, -0.15) is 0 Å². The summed E-state index contributed by atoms with van der Waals surface area (Å²) in [5.41, 5.74) is 17.2. The third kappa shape index (κ3) is 23.9.